The fraction of sp³-hybridized carbons (Fsp3) is 0.231. The van der Waals surface area contributed by atoms with Gasteiger partial charge in [0.05, 0.1) is 14.2 Å². The van der Waals surface area contributed by atoms with Gasteiger partial charge in [-0.3, -0.25) is 20.4 Å². The SMILES string of the molecule is COc1cccc(C(=O)NC(=NCCc2c[nH]c3cc(OC)ccc23)Nc2nc(C)cc(C)n2)c1. The summed E-state index contributed by atoms with van der Waals surface area (Å²) < 4.78 is 10.5. The van der Waals surface area contributed by atoms with Crippen LogP contribution in [0.15, 0.2) is 59.7 Å². The first-order chi connectivity index (χ1) is 16.9. The fourth-order valence-corrected chi connectivity index (χ4v) is 3.73. The Hall–Kier alpha value is -4.40. The standard InChI is InChI=1S/C26H28N6O3/c1-16-12-17(2)30-26(29-16)32-25(31-24(33)18-6-5-7-20(13-18)34-3)27-11-10-19-15-28-23-14-21(35-4)8-9-22(19)23/h5-9,12-15,28H,10-11H2,1-4H3,(H2,27,29,30,31,32,33). The number of nitrogens with one attached hydrogen (secondary N) is 3. The third-order valence-corrected chi connectivity index (χ3v) is 5.40. The normalized spacial score (nSPS) is 11.4. The summed E-state index contributed by atoms with van der Waals surface area (Å²) in [4.78, 5) is 29.6. The Morgan fingerprint density at radius 2 is 1.74 bits per heavy atom. The van der Waals surface area contributed by atoms with Gasteiger partial charge in [0.25, 0.3) is 5.91 Å². The number of carbonyl (C=O) groups excluding carboxylic acids is 1. The zero-order chi connectivity index (χ0) is 24.8. The number of benzene rings is 2. The first kappa shape index (κ1) is 23.7. The van der Waals surface area contributed by atoms with Crippen LogP contribution in [-0.4, -0.2) is 47.6 Å². The van der Waals surface area contributed by atoms with Gasteiger partial charge >= 0.3 is 0 Å². The highest BCUT2D eigenvalue weighted by Crippen LogP contribution is 2.23. The van der Waals surface area contributed by atoms with Crippen LogP contribution in [0.4, 0.5) is 5.95 Å². The Morgan fingerprint density at radius 1 is 1.00 bits per heavy atom. The smallest absolute Gasteiger partial charge is 0.258 e. The molecule has 0 bridgehead atoms. The number of carbonyl (C=O) groups is 1. The zero-order valence-corrected chi connectivity index (χ0v) is 20.2. The molecule has 4 rings (SSSR count). The van der Waals surface area contributed by atoms with E-state index in [9.17, 15) is 4.79 Å². The molecule has 0 aliphatic heterocycles. The summed E-state index contributed by atoms with van der Waals surface area (Å²) in [5.41, 5.74) is 4.19. The lowest BCUT2D eigenvalue weighted by Gasteiger charge is -2.12. The number of ether oxygens (including phenoxy) is 2. The van der Waals surface area contributed by atoms with Crippen molar-refractivity contribution in [2.45, 2.75) is 20.3 Å². The highest BCUT2D eigenvalue weighted by Gasteiger charge is 2.12. The average molecular weight is 473 g/mol. The van der Waals surface area contributed by atoms with Crippen LogP contribution in [0.2, 0.25) is 0 Å². The van der Waals surface area contributed by atoms with Crippen LogP contribution < -0.4 is 20.1 Å². The van der Waals surface area contributed by atoms with Crippen LogP contribution in [0, 0.1) is 13.8 Å². The van der Waals surface area contributed by atoms with Crippen LogP contribution >= 0.6 is 0 Å². The lowest BCUT2D eigenvalue weighted by atomic mass is 10.1. The molecule has 0 unspecified atom stereocenters. The van der Waals surface area contributed by atoms with E-state index in [-0.39, 0.29) is 11.9 Å². The largest absolute Gasteiger partial charge is 0.497 e. The van der Waals surface area contributed by atoms with Crippen molar-refractivity contribution in [3.63, 3.8) is 0 Å². The lowest BCUT2D eigenvalue weighted by Crippen LogP contribution is -2.37. The predicted octanol–water partition coefficient (Wildman–Crippen LogP) is 4.03. The first-order valence-corrected chi connectivity index (χ1v) is 11.2. The van der Waals surface area contributed by atoms with Crippen molar-refractivity contribution in [2.24, 2.45) is 4.99 Å². The minimum atomic E-state index is -0.321. The van der Waals surface area contributed by atoms with E-state index < -0.39 is 0 Å². The van der Waals surface area contributed by atoms with Gasteiger partial charge in [-0.05, 0) is 62.2 Å². The molecule has 180 valence electrons. The molecule has 0 radical (unpaired) electrons. The number of aromatic amines is 1. The second-order valence-corrected chi connectivity index (χ2v) is 7.99. The second-order valence-electron chi connectivity index (χ2n) is 7.99. The van der Waals surface area contributed by atoms with E-state index in [2.05, 4.69) is 30.6 Å². The minimum absolute atomic E-state index is 0.268. The Bertz CT molecular complexity index is 1360. The van der Waals surface area contributed by atoms with Crippen LogP contribution in [-0.2, 0) is 6.42 Å². The Labute approximate surface area is 203 Å². The van der Waals surface area contributed by atoms with Gasteiger partial charge in [0.2, 0.25) is 11.9 Å². The number of fused-ring (bicyclic) bond motifs is 1. The molecule has 2 heterocycles. The average Bonchev–Trinajstić information content (AvgIpc) is 3.25. The maximum absolute atomic E-state index is 12.9. The van der Waals surface area contributed by atoms with Crippen LogP contribution in [0.1, 0.15) is 27.3 Å². The number of H-pyrrole nitrogens is 1. The molecule has 0 saturated heterocycles. The maximum atomic E-state index is 12.9. The number of guanidine groups is 1. The van der Waals surface area contributed by atoms with Crippen molar-refractivity contribution in [1.82, 2.24) is 20.3 Å². The van der Waals surface area contributed by atoms with Crippen molar-refractivity contribution in [3.8, 4) is 11.5 Å². The molecule has 9 nitrogen and oxygen atoms in total. The van der Waals surface area contributed by atoms with E-state index in [0.29, 0.717) is 30.2 Å². The van der Waals surface area contributed by atoms with E-state index in [0.717, 1.165) is 33.6 Å². The number of hydrogen-bond donors (Lipinski definition) is 3. The van der Waals surface area contributed by atoms with Gasteiger partial charge in [0.15, 0.2) is 0 Å². The van der Waals surface area contributed by atoms with Crippen LogP contribution in [0.25, 0.3) is 10.9 Å². The molecule has 0 fully saturated rings. The highest BCUT2D eigenvalue weighted by molar-refractivity contribution is 6.09. The molecule has 0 spiro atoms. The van der Waals surface area contributed by atoms with Gasteiger partial charge in [0.1, 0.15) is 11.5 Å². The summed E-state index contributed by atoms with van der Waals surface area (Å²) in [6, 6.07) is 14.7. The number of aliphatic imine (C=N–C) groups is 1. The molecule has 0 aliphatic rings. The van der Waals surface area contributed by atoms with Crippen molar-refractivity contribution in [3.05, 3.63) is 77.2 Å². The third kappa shape index (κ3) is 5.94. The summed E-state index contributed by atoms with van der Waals surface area (Å²) in [5, 5.41) is 7.01. The number of anilines is 1. The van der Waals surface area contributed by atoms with Gasteiger partial charge in [-0.15, -0.1) is 0 Å². The van der Waals surface area contributed by atoms with E-state index in [1.807, 2.05) is 44.3 Å². The molecular weight excluding hydrogens is 444 g/mol. The Balaban J connectivity index is 1.54. The molecule has 0 atom stereocenters. The summed E-state index contributed by atoms with van der Waals surface area (Å²) >= 11 is 0. The van der Waals surface area contributed by atoms with E-state index in [1.54, 1.807) is 38.5 Å². The molecule has 2 aromatic heterocycles. The molecule has 9 heteroatoms. The number of hydrogen-bond acceptors (Lipinski definition) is 6. The Kier molecular flexibility index (Phi) is 7.25. The van der Waals surface area contributed by atoms with Crippen LogP contribution in [0.5, 0.6) is 11.5 Å². The van der Waals surface area contributed by atoms with Crippen molar-refractivity contribution in [2.75, 3.05) is 26.1 Å². The van der Waals surface area contributed by atoms with Gasteiger partial charge < -0.3 is 14.5 Å². The van der Waals surface area contributed by atoms with E-state index in [1.165, 1.54) is 0 Å². The highest BCUT2D eigenvalue weighted by atomic mass is 16.5. The molecule has 35 heavy (non-hydrogen) atoms. The molecule has 0 aliphatic carbocycles. The number of amides is 1. The monoisotopic (exact) mass is 472 g/mol. The Morgan fingerprint density at radius 3 is 2.49 bits per heavy atom. The number of nitrogens with zero attached hydrogens (tertiary/aromatic N) is 3. The van der Waals surface area contributed by atoms with Crippen LogP contribution in [0.3, 0.4) is 0 Å². The molecular formula is C26H28N6O3. The maximum Gasteiger partial charge on any atom is 0.258 e. The van der Waals surface area contributed by atoms with E-state index >= 15 is 0 Å². The minimum Gasteiger partial charge on any atom is -0.497 e. The van der Waals surface area contributed by atoms with Crippen molar-refractivity contribution < 1.29 is 14.3 Å². The third-order valence-electron chi connectivity index (χ3n) is 5.40. The van der Waals surface area contributed by atoms with E-state index in [4.69, 9.17) is 9.47 Å². The summed E-state index contributed by atoms with van der Waals surface area (Å²) in [6.07, 6.45) is 2.63. The summed E-state index contributed by atoms with van der Waals surface area (Å²) in [6.45, 7) is 4.21. The number of methoxy groups -OCH3 is 2. The number of aryl methyl sites for hydroxylation is 2. The number of rotatable bonds is 7. The molecule has 3 N–H and O–H groups in total. The summed E-state index contributed by atoms with van der Waals surface area (Å²) in [5.74, 6) is 1.70. The van der Waals surface area contributed by atoms with Crippen molar-refractivity contribution >= 4 is 28.7 Å². The second kappa shape index (κ2) is 10.7. The molecule has 1 amide bonds. The van der Waals surface area contributed by atoms with Gasteiger partial charge in [0, 0.05) is 46.7 Å². The van der Waals surface area contributed by atoms with Gasteiger partial charge in [-0.25, -0.2) is 9.97 Å². The zero-order valence-electron chi connectivity index (χ0n) is 20.2. The first-order valence-electron chi connectivity index (χ1n) is 11.2. The van der Waals surface area contributed by atoms with Crippen molar-refractivity contribution in [1.29, 1.82) is 0 Å². The van der Waals surface area contributed by atoms with Gasteiger partial charge in [-0.2, -0.15) is 0 Å². The molecule has 4 aromatic rings. The topological polar surface area (TPSA) is 114 Å². The summed E-state index contributed by atoms with van der Waals surface area (Å²) in [7, 11) is 3.21. The number of aromatic nitrogens is 3. The molecule has 2 aromatic carbocycles. The quantitative estimate of drug-likeness (QED) is 0.276. The molecule has 0 saturated carbocycles. The van der Waals surface area contributed by atoms with Gasteiger partial charge in [-0.1, -0.05) is 6.07 Å². The fourth-order valence-electron chi connectivity index (χ4n) is 3.73. The lowest BCUT2D eigenvalue weighted by molar-refractivity contribution is 0.0976. The predicted molar refractivity (Wildman–Crippen MR) is 136 cm³/mol.